The van der Waals surface area contributed by atoms with Crippen LogP contribution in [0, 0.1) is 17.8 Å². The minimum atomic E-state index is -5.96. The fourth-order valence-corrected chi connectivity index (χ4v) is 9.15. The first-order valence-corrected chi connectivity index (χ1v) is 19.9. The van der Waals surface area contributed by atoms with Crippen molar-refractivity contribution < 1.29 is 67.5 Å². The number of hydrogen-bond donors (Lipinski definition) is 2. The Morgan fingerprint density at radius 3 is 1.69 bits per heavy atom. The molecule has 4 atom stereocenters. The molecule has 4 unspecified atom stereocenters. The van der Waals surface area contributed by atoms with Gasteiger partial charge < -0.3 is 14.6 Å². The van der Waals surface area contributed by atoms with Crippen molar-refractivity contribution in [1.29, 1.82) is 0 Å². The van der Waals surface area contributed by atoms with E-state index in [1.165, 1.54) is 20.2 Å². The van der Waals surface area contributed by atoms with Crippen LogP contribution in [0.4, 0.5) is 35.1 Å². The number of hydrogen-bond acceptors (Lipinski definition) is 6. The number of benzene rings is 3. The van der Waals surface area contributed by atoms with Crippen LogP contribution >= 0.6 is 0 Å². The average molecular weight is 828 g/mol. The van der Waals surface area contributed by atoms with Gasteiger partial charge in [0.25, 0.3) is 5.60 Å². The zero-order chi connectivity index (χ0) is 41.0. The molecule has 0 amide bonds. The minimum absolute atomic E-state index is 0.0129. The van der Waals surface area contributed by atoms with Gasteiger partial charge in [0.2, 0.25) is 0 Å². The molecule has 0 aliphatic heterocycles. The minimum Gasteiger partial charge on any atom is -0.462 e. The van der Waals surface area contributed by atoms with E-state index in [0.717, 1.165) is 0 Å². The zero-order valence-electron chi connectivity index (χ0n) is 30.1. The van der Waals surface area contributed by atoms with E-state index in [0.29, 0.717) is 0 Å². The Morgan fingerprint density at radius 1 is 0.764 bits per heavy atom. The van der Waals surface area contributed by atoms with Gasteiger partial charge in [-0.3, -0.25) is 9.35 Å². The number of ether oxygens (including phenoxy) is 2. The number of aliphatic hydroxyl groups is 1. The van der Waals surface area contributed by atoms with Crippen molar-refractivity contribution in [3.63, 3.8) is 0 Å². The molecular formula is C38H43F8O7S2+. The molecule has 2 N–H and O–H groups in total. The van der Waals surface area contributed by atoms with Gasteiger partial charge in [0.1, 0.15) is 12.7 Å². The summed E-state index contributed by atoms with van der Waals surface area (Å²) in [6.45, 7) is 4.29. The number of alkyl halides is 8. The van der Waals surface area contributed by atoms with E-state index in [1.807, 2.05) is 0 Å². The van der Waals surface area contributed by atoms with E-state index < -0.39 is 83.3 Å². The molecule has 304 valence electrons. The van der Waals surface area contributed by atoms with Gasteiger partial charge in [-0.25, -0.2) is 0 Å². The van der Waals surface area contributed by atoms with E-state index in [4.69, 9.17) is 9.29 Å². The summed E-state index contributed by atoms with van der Waals surface area (Å²) in [7, 11) is -5.77. The maximum absolute atomic E-state index is 13.0. The number of rotatable bonds is 12. The second-order valence-electron chi connectivity index (χ2n) is 14.7. The van der Waals surface area contributed by atoms with Crippen LogP contribution in [0.15, 0.2) is 99.6 Å². The quantitative estimate of drug-likeness (QED) is 0.0617. The van der Waals surface area contributed by atoms with Gasteiger partial charge >= 0.3 is 33.7 Å². The Balaban J connectivity index is 0.000000257. The first-order chi connectivity index (χ1) is 25.3. The summed E-state index contributed by atoms with van der Waals surface area (Å²) in [6.07, 6.45) is -14.9. The molecule has 2 aliphatic carbocycles. The molecule has 7 nitrogen and oxygen atoms in total. The highest BCUT2D eigenvalue weighted by Crippen LogP contribution is 2.56. The molecule has 0 radical (unpaired) electrons. The van der Waals surface area contributed by atoms with Crippen LogP contribution in [-0.2, 0) is 40.7 Å². The van der Waals surface area contributed by atoms with Crippen molar-refractivity contribution in [1.82, 2.24) is 0 Å². The Bertz CT molecular complexity index is 1760. The molecule has 2 fully saturated rings. The molecular weight excluding hydrogens is 785 g/mol. The van der Waals surface area contributed by atoms with Crippen molar-refractivity contribution >= 4 is 27.0 Å². The topological polar surface area (TPSA) is 110 Å². The maximum atomic E-state index is 13.0. The van der Waals surface area contributed by atoms with Gasteiger partial charge in [0, 0.05) is 0 Å². The lowest BCUT2D eigenvalue weighted by Gasteiger charge is -2.38. The van der Waals surface area contributed by atoms with E-state index >= 15 is 0 Å². The van der Waals surface area contributed by atoms with Crippen molar-refractivity contribution in [2.24, 2.45) is 17.8 Å². The van der Waals surface area contributed by atoms with E-state index in [9.17, 15) is 53.4 Å². The van der Waals surface area contributed by atoms with Crippen LogP contribution in [0.25, 0.3) is 0 Å². The number of fused-ring (bicyclic) bond motifs is 2. The molecule has 0 saturated heterocycles. The fraction of sp³-hybridized carbons (Fsp3) is 0.500. The molecule has 55 heavy (non-hydrogen) atoms. The van der Waals surface area contributed by atoms with Gasteiger partial charge in [0.05, 0.1) is 23.9 Å². The van der Waals surface area contributed by atoms with Crippen LogP contribution < -0.4 is 0 Å². The Morgan fingerprint density at radius 2 is 1.25 bits per heavy atom. The second-order valence-corrected chi connectivity index (χ2v) is 18.3. The molecule has 0 spiro atoms. The third-order valence-corrected chi connectivity index (χ3v) is 12.8. The highest BCUT2D eigenvalue weighted by Gasteiger charge is 2.71. The summed E-state index contributed by atoms with van der Waals surface area (Å²) in [5, 5.41) is 4.80. The molecule has 2 aliphatic rings. The summed E-state index contributed by atoms with van der Waals surface area (Å²) < 4.78 is 142. The van der Waals surface area contributed by atoms with Gasteiger partial charge in [-0.1, -0.05) is 69.3 Å². The summed E-state index contributed by atoms with van der Waals surface area (Å²) in [6, 6.07) is 30.7. The molecule has 2 bridgehead atoms. The number of esters is 1. The third-order valence-electron chi connectivity index (χ3n) is 9.68. The average Bonchev–Trinajstić information content (AvgIpc) is 3.66. The summed E-state index contributed by atoms with van der Waals surface area (Å²) in [5.41, 5.74) is -3.34. The Labute approximate surface area is 317 Å². The monoisotopic (exact) mass is 827 g/mol. The van der Waals surface area contributed by atoms with Gasteiger partial charge in [0.15, 0.2) is 14.7 Å². The first-order valence-electron chi connectivity index (χ1n) is 17.3. The normalized spacial score (nSPS) is 20.6. The summed E-state index contributed by atoms with van der Waals surface area (Å²) in [5.74, 6) is -3.42. The number of halogens is 8. The van der Waals surface area contributed by atoms with Crippen LogP contribution in [0.2, 0.25) is 0 Å². The second kappa shape index (κ2) is 17.1. The lowest BCUT2D eigenvalue weighted by Crippen LogP contribution is -2.58. The summed E-state index contributed by atoms with van der Waals surface area (Å²) in [4.78, 5) is 15.9. The molecule has 3 aromatic rings. The number of carbonyl (C=O) groups excluding carboxylic acids is 1. The third kappa shape index (κ3) is 11.0. The fourth-order valence-electron chi connectivity index (χ4n) is 6.83. The van der Waals surface area contributed by atoms with E-state index in [-0.39, 0.29) is 41.5 Å². The van der Waals surface area contributed by atoms with Gasteiger partial charge in [-0.2, -0.15) is 43.5 Å². The van der Waals surface area contributed by atoms with Crippen LogP contribution in [-0.4, -0.2) is 66.6 Å². The van der Waals surface area contributed by atoms with Crippen LogP contribution in [0.3, 0.4) is 0 Å². The largest absolute Gasteiger partial charge is 0.462 e. The van der Waals surface area contributed by atoms with Crippen LogP contribution in [0.1, 0.15) is 58.4 Å². The molecule has 3 aromatic carbocycles. The van der Waals surface area contributed by atoms with Gasteiger partial charge in [-0.15, -0.1) is 0 Å². The lowest BCUT2D eigenvalue weighted by atomic mass is 9.78. The zero-order valence-corrected chi connectivity index (χ0v) is 31.8. The summed E-state index contributed by atoms with van der Waals surface area (Å²) >= 11 is 0. The molecule has 2 saturated carbocycles. The van der Waals surface area contributed by atoms with Crippen molar-refractivity contribution in [2.45, 2.75) is 102 Å². The number of carbonyl (C=O) groups is 1. The SMILES string of the molecule is CC(C)(C)c1ccc([S+](c2ccccc2)c2ccccc2)cc1.O=C(CCOCC(F)(F)S(=O)(=O)O)OC1CC2CC(CC(O)(C(F)(F)F)C(F)(F)F)C1C2. The van der Waals surface area contributed by atoms with Crippen molar-refractivity contribution in [2.75, 3.05) is 13.2 Å². The highest BCUT2D eigenvalue weighted by molar-refractivity contribution is 7.97. The van der Waals surface area contributed by atoms with E-state index in [1.54, 1.807) is 0 Å². The van der Waals surface area contributed by atoms with Crippen LogP contribution in [0.5, 0.6) is 0 Å². The lowest BCUT2D eigenvalue weighted by molar-refractivity contribution is -0.373. The Hall–Kier alpha value is -3.25. The highest BCUT2D eigenvalue weighted by atomic mass is 32.2. The molecule has 17 heteroatoms. The first kappa shape index (κ1) is 44.5. The molecule has 5 rings (SSSR count). The van der Waals surface area contributed by atoms with Crippen molar-refractivity contribution in [3.8, 4) is 0 Å². The maximum Gasteiger partial charge on any atom is 0.426 e. The predicted octanol–water partition coefficient (Wildman–Crippen LogP) is 9.16. The molecule has 0 heterocycles. The molecule has 0 aromatic heterocycles. The van der Waals surface area contributed by atoms with Gasteiger partial charge in [-0.05, 0) is 90.8 Å². The predicted molar refractivity (Wildman–Crippen MR) is 188 cm³/mol. The van der Waals surface area contributed by atoms with E-state index in [2.05, 4.69) is 110 Å². The van der Waals surface area contributed by atoms with Crippen molar-refractivity contribution in [3.05, 3.63) is 90.5 Å². The smallest absolute Gasteiger partial charge is 0.426 e. The standard InChI is InChI=1S/C22H23S.C16H20F8O7S/c1-22(2,3)18-14-16-21(17-15-18)23(19-10-6-4-7-11-19)20-12-8-5-9-13-20;17-14(18,32(27,28)29)7-30-2-1-12(25)31-11-5-8-3-9(10(11)4-8)6-13(26,15(19,20)21)16(22,23)24/h4-17H,1-3H3;8-11,26H,1-7H2,(H,27,28,29)/q+1;. The Kier molecular flexibility index (Phi) is 13.8.